The molecule has 162 valence electrons. The number of piperidine rings is 1. The van der Waals surface area contributed by atoms with E-state index in [1.165, 1.54) is 11.8 Å². The Labute approximate surface area is 179 Å². The highest BCUT2D eigenvalue weighted by Gasteiger charge is 2.20. The predicted molar refractivity (Wildman–Crippen MR) is 122 cm³/mol. The summed E-state index contributed by atoms with van der Waals surface area (Å²) in [5.74, 6) is 1.85. The molecule has 1 saturated heterocycles. The van der Waals surface area contributed by atoms with E-state index in [-0.39, 0.29) is 0 Å². The van der Waals surface area contributed by atoms with Crippen LogP contribution in [0, 0.1) is 6.92 Å². The molecule has 2 heterocycles. The maximum absolute atomic E-state index is 11.5. The molecule has 0 spiro atoms. The van der Waals surface area contributed by atoms with Crippen LogP contribution in [-0.4, -0.2) is 58.3 Å². The zero-order valence-electron chi connectivity index (χ0n) is 17.9. The number of aryl methyl sites for hydroxylation is 1. The van der Waals surface area contributed by atoms with Gasteiger partial charge in [-0.25, -0.2) is 13.4 Å². The second-order valence-corrected chi connectivity index (χ2v) is 9.78. The Morgan fingerprint density at radius 1 is 1.17 bits per heavy atom. The van der Waals surface area contributed by atoms with Gasteiger partial charge in [0.15, 0.2) is 15.8 Å². The third kappa shape index (κ3) is 6.19. The van der Waals surface area contributed by atoms with Crippen LogP contribution < -0.4 is 15.5 Å². The number of anilines is 1. The monoisotopic (exact) mass is 429 g/mol. The van der Waals surface area contributed by atoms with Crippen LogP contribution in [0.25, 0.3) is 0 Å². The molecule has 2 N–H and O–H groups in total. The number of aromatic nitrogens is 1. The third-order valence-electron chi connectivity index (χ3n) is 5.34. The quantitative estimate of drug-likeness (QED) is 0.541. The highest BCUT2D eigenvalue weighted by atomic mass is 32.2. The predicted octanol–water partition coefficient (Wildman–Crippen LogP) is 2.17. The molecule has 7 nitrogen and oxygen atoms in total. The Balaban J connectivity index is 1.42. The normalized spacial score (nSPS) is 15.8. The Morgan fingerprint density at radius 3 is 2.43 bits per heavy atom. The molecule has 0 saturated carbocycles. The molecular formula is C22H31N5O2S. The Bertz CT molecular complexity index is 948. The average molecular weight is 430 g/mol. The van der Waals surface area contributed by atoms with E-state index >= 15 is 0 Å². The molecule has 0 amide bonds. The van der Waals surface area contributed by atoms with Crippen LogP contribution in [0.15, 0.2) is 52.5 Å². The minimum absolute atomic E-state index is 0.351. The maximum atomic E-state index is 11.5. The summed E-state index contributed by atoms with van der Waals surface area (Å²) in [5.41, 5.74) is 2.26. The topological polar surface area (TPSA) is 86.7 Å². The van der Waals surface area contributed by atoms with E-state index in [0.29, 0.717) is 10.9 Å². The fourth-order valence-corrected chi connectivity index (χ4v) is 4.15. The number of aliphatic imine (C=N–C) groups is 1. The highest BCUT2D eigenvalue weighted by Crippen LogP contribution is 2.18. The van der Waals surface area contributed by atoms with Gasteiger partial charge in [0.1, 0.15) is 5.82 Å². The number of benzene rings is 1. The van der Waals surface area contributed by atoms with Gasteiger partial charge in [-0.15, -0.1) is 0 Å². The molecule has 0 bridgehead atoms. The number of nitrogens with zero attached hydrogens (tertiary/aromatic N) is 3. The largest absolute Gasteiger partial charge is 0.356 e. The van der Waals surface area contributed by atoms with Gasteiger partial charge >= 0.3 is 0 Å². The number of nitrogens with one attached hydrogen (secondary N) is 2. The maximum Gasteiger partial charge on any atom is 0.191 e. The summed E-state index contributed by atoms with van der Waals surface area (Å²) in [5, 5.41) is 6.87. The number of hydrogen-bond donors (Lipinski definition) is 2. The lowest BCUT2D eigenvalue weighted by Crippen LogP contribution is -2.49. The molecule has 8 heteroatoms. The van der Waals surface area contributed by atoms with Crippen LogP contribution in [0.4, 0.5) is 5.82 Å². The van der Waals surface area contributed by atoms with E-state index < -0.39 is 9.84 Å². The van der Waals surface area contributed by atoms with E-state index in [2.05, 4.69) is 44.6 Å². The lowest BCUT2D eigenvalue weighted by Gasteiger charge is -2.33. The summed E-state index contributed by atoms with van der Waals surface area (Å²) in [6, 6.07) is 11.6. The molecular weight excluding hydrogens is 398 g/mol. The third-order valence-corrected chi connectivity index (χ3v) is 6.47. The van der Waals surface area contributed by atoms with Gasteiger partial charge in [-0.05, 0) is 55.5 Å². The molecule has 0 atom stereocenters. The van der Waals surface area contributed by atoms with Crippen LogP contribution in [0.3, 0.4) is 0 Å². The highest BCUT2D eigenvalue weighted by molar-refractivity contribution is 7.90. The molecule has 0 radical (unpaired) electrons. The number of sulfone groups is 1. The van der Waals surface area contributed by atoms with E-state index in [0.717, 1.165) is 56.2 Å². The summed E-state index contributed by atoms with van der Waals surface area (Å²) in [6.07, 6.45) is 6.00. The van der Waals surface area contributed by atoms with Crippen LogP contribution in [0.1, 0.15) is 24.0 Å². The summed E-state index contributed by atoms with van der Waals surface area (Å²) in [7, 11) is -1.37. The van der Waals surface area contributed by atoms with Crippen molar-refractivity contribution in [2.75, 3.05) is 37.8 Å². The number of hydrogen-bond acceptors (Lipinski definition) is 5. The Morgan fingerprint density at radius 2 is 1.87 bits per heavy atom. The zero-order chi connectivity index (χ0) is 21.6. The molecule has 0 aliphatic carbocycles. The zero-order valence-corrected chi connectivity index (χ0v) is 18.7. The van der Waals surface area contributed by atoms with Crippen molar-refractivity contribution >= 4 is 21.6 Å². The fourth-order valence-electron chi connectivity index (χ4n) is 3.52. The van der Waals surface area contributed by atoms with Crippen molar-refractivity contribution in [2.24, 2.45) is 4.99 Å². The van der Waals surface area contributed by atoms with Crippen molar-refractivity contribution in [2.45, 2.75) is 37.1 Å². The first-order valence-corrected chi connectivity index (χ1v) is 12.2. The number of guanidine groups is 1. The van der Waals surface area contributed by atoms with Gasteiger partial charge in [-0.1, -0.05) is 18.2 Å². The van der Waals surface area contributed by atoms with Crippen LogP contribution in [0.2, 0.25) is 0 Å². The van der Waals surface area contributed by atoms with Crippen molar-refractivity contribution < 1.29 is 8.42 Å². The molecule has 3 rings (SSSR count). The minimum atomic E-state index is -3.15. The first-order chi connectivity index (χ1) is 14.3. The van der Waals surface area contributed by atoms with Gasteiger partial charge in [-0.2, -0.15) is 0 Å². The van der Waals surface area contributed by atoms with Crippen LogP contribution in [0.5, 0.6) is 0 Å². The molecule has 1 aromatic heterocycles. The van der Waals surface area contributed by atoms with Crippen molar-refractivity contribution in [1.82, 2.24) is 15.6 Å². The van der Waals surface area contributed by atoms with E-state index in [4.69, 9.17) is 0 Å². The molecule has 1 aliphatic rings. The van der Waals surface area contributed by atoms with Crippen molar-refractivity contribution in [3.8, 4) is 0 Å². The van der Waals surface area contributed by atoms with Crippen LogP contribution >= 0.6 is 0 Å². The lowest BCUT2D eigenvalue weighted by atomic mass is 10.1. The summed E-state index contributed by atoms with van der Waals surface area (Å²) < 4.78 is 23.1. The number of rotatable bonds is 6. The molecule has 0 unspecified atom stereocenters. The Hall–Kier alpha value is -2.61. The van der Waals surface area contributed by atoms with Crippen LogP contribution in [-0.2, 0) is 16.3 Å². The minimum Gasteiger partial charge on any atom is -0.356 e. The fraction of sp³-hybridized carbons (Fsp3) is 0.455. The second-order valence-electron chi connectivity index (χ2n) is 7.76. The van der Waals surface area contributed by atoms with E-state index in [1.807, 2.05) is 18.3 Å². The lowest BCUT2D eigenvalue weighted by molar-refractivity contribution is 0.459. The van der Waals surface area contributed by atoms with Crippen molar-refractivity contribution in [3.05, 3.63) is 53.7 Å². The summed E-state index contributed by atoms with van der Waals surface area (Å²) in [4.78, 5) is 11.5. The summed E-state index contributed by atoms with van der Waals surface area (Å²) >= 11 is 0. The van der Waals surface area contributed by atoms with Crippen molar-refractivity contribution in [1.29, 1.82) is 0 Å². The smallest absolute Gasteiger partial charge is 0.191 e. The SMILES string of the molecule is CN=C(NCCc1ccc(S(C)(=O)=O)cc1)NC1CCN(c2ccc(C)cn2)CC1. The van der Waals surface area contributed by atoms with Gasteiger partial charge in [-0.3, -0.25) is 4.99 Å². The van der Waals surface area contributed by atoms with Gasteiger partial charge in [0.25, 0.3) is 0 Å². The average Bonchev–Trinajstić information content (AvgIpc) is 2.74. The first-order valence-electron chi connectivity index (χ1n) is 10.3. The molecule has 2 aromatic rings. The second kappa shape index (κ2) is 9.93. The standard InChI is InChI=1S/C22H31N5O2S/c1-17-4-9-21(25-16-17)27-14-11-19(12-15-27)26-22(23-2)24-13-10-18-5-7-20(8-6-18)30(3,28)29/h4-9,16,19H,10-15H2,1-3H3,(H2,23,24,26). The van der Waals surface area contributed by atoms with Gasteiger partial charge < -0.3 is 15.5 Å². The molecule has 1 aliphatic heterocycles. The first kappa shape index (κ1) is 22.1. The van der Waals surface area contributed by atoms with Gasteiger partial charge in [0.05, 0.1) is 4.90 Å². The molecule has 1 aromatic carbocycles. The number of pyridine rings is 1. The Kier molecular flexibility index (Phi) is 7.31. The molecule has 30 heavy (non-hydrogen) atoms. The van der Waals surface area contributed by atoms with E-state index in [1.54, 1.807) is 19.2 Å². The van der Waals surface area contributed by atoms with Gasteiger partial charge in [0, 0.05) is 45.2 Å². The summed E-state index contributed by atoms with van der Waals surface area (Å²) in [6.45, 7) is 4.72. The van der Waals surface area contributed by atoms with Gasteiger partial charge in [0.2, 0.25) is 0 Å². The molecule has 1 fully saturated rings. The van der Waals surface area contributed by atoms with Crippen molar-refractivity contribution in [3.63, 3.8) is 0 Å². The van der Waals surface area contributed by atoms with E-state index in [9.17, 15) is 8.42 Å².